The quantitative estimate of drug-likeness (QED) is 0.517. The Morgan fingerprint density at radius 2 is 2.20 bits per heavy atom. The molecule has 5 nitrogen and oxygen atoms in total. The molecule has 0 radical (unpaired) electrons. The SMILES string of the molecule is CCC1CCCCN1C(=O)CSc1ncnc2c1oc1ccccc12. The van der Waals surface area contributed by atoms with Gasteiger partial charge in [-0.2, -0.15) is 0 Å². The van der Waals surface area contributed by atoms with Crippen molar-refractivity contribution in [2.45, 2.75) is 43.7 Å². The molecule has 4 rings (SSSR count). The van der Waals surface area contributed by atoms with Gasteiger partial charge < -0.3 is 9.32 Å². The van der Waals surface area contributed by atoms with E-state index >= 15 is 0 Å². The zero-order valence-electron chi connectivity index (χ0n) is 14.3. The highest BCUT2D eigenvalue weighted by Crippen LogP contribution is 2.32. The first-order chi connectivity index (χ1) is 12.3. The lowest BCUT2D eigenvalue weighted by molar-refractivity contribution is -0.132. The molecule has 1 saturated heterocycles. The molecule has 0 spiro atoms. The van der Waals surface area contributed by atoms with E-state index in [-0.39, 0.29) is 5.91 Å². The second kappa shape index (κ2) is 7.04. The third-order valence-electron chi connectivity index (χ3n) is 4.88. The highest BCUT2D eigenvalue weighted by molar-refractivity contribution is 8.00. The first-order valence-electron chi connectivity index (χ1n) is 8.82. The standard InChI is InChI=1S/C19H21N3O2S/c1-2-13-7-5-6-10-22(13)16(23)11-25-19-18-17(20-12-21-19)14-8-3-4-9-15(14)24-18/h3-4,8-9,12-13H,2,5-7,10-11H2,1H3. The molecule has 1 amide bonds. The molecule has 0 saturated carbocycles. The summed E-state index contributed by atoms with van der Waals surface area (Å²) >= 11 is 1.44. The molecule has 3 aromatic rings. The van der Waals surface area contributed by atoms with E-state index in [1.165, 1.54) is 18.2 Å². The van der Waals surface area contributed by atoms with E-state index in [1.54, 1.807) is 6.33 Å². The van der Waals surface area contributed by atoms with Crippen LogP contribution in [0.15, 0.2) is 40.0 Å². The van der Waals surface area contributed by atoms with Gasteiger partial charge in [-0.25, -0.2) is 9.97 Å². The molecule has 1 aliphatic rings. The Bertz CT molecular complexity index is 908. The fourth-order valence-electron chi connectivity index (χ4n) is 3.57. The maximum atomic E-state index is 12.7. The predicted octanol–water partition coefficient (Wildman–Crippen LogP) is 4.26. The average Bonchev–Trinajstić information content (AvgIpc) is 3.05. The number of fused-ring (bicyclic) bond motifs is 3. The van der Waals surface area contributed by atoms with Gasteiger partial charge in [0.1, 0.15) is 22.5 Å². The van der Waals surface area contributed by atoms with Crippen molar-refractivity contribution < 1.29 is 9.21 Å². The molecule has 1 atom stereocenters. The number of furan rings is 1. The van der Waals surface area contributed by atoms with Crippen LogP contribution in [0.4, 0.5) is 0 Å². The van der Waals surface area contributed by atoms with Gasteiger partial charge in [-0.05, 0) is 37.8 Å². The van der Waals surface area contributed by atoms with Crippen molar-refractivity contribution in [1.29, 1.82) is 0 Å². The first-order valence-corrected chi connectivity index (χ1v) is 9.81. The second-order valence-corrected chi connectivity index (χ2v) is 7.35. The molecule has 1 aliphatic heterocycles. The molecule has 2 aromatic heterocycles. The maximum absolute atomic E-state index is 12.7. The summed E-state index contributed by atoms with van der Waals surface area (Å²) in [5.41, 5.74) is 2.28. The van der Waals surface area contributed by atoms with E-state index in [2.05, 4.69) is 16.9 Å². The summed E-state index contributed by atoms with van der Waals surface area (Å²) in [5, 5.41) is 1.72. The van der Waals surface area contributed by atoms with Crippen LogP contribution >= 0.6 is 11.8 Å². The van der Waals surface area contributed by atoms with Crippen molar-refractivity contribution in [2.75, 3.05) is 12.3 Å². The van der Waals surface area contributed by atoms with Gasteiger partial charge in [0.2, 0.25) is 5.91 Å². The smallest absolute Gasteiger partial charge is 0.233 e. The number of carbonyl (C=O) groups is 1. The van der Waals surface area contributed by atoms with E-state index in [0.29, 0.717) is 17.4 Å². The summed E-state index contributed by atoms with van der Waals surface area (Å²) in [6, 6.07) is 8.22. The van der Waals surface area contributed by atoms with Crippen LogP contribution in [0, 0.1) is 0 Å². The van der Waals surface area contributed by atoms with Crippen LogP contribution in [-0.2, 0) is 4.79 Å². The highest BCUT2D eigenvalue weighted by Gasteiger charge is 2.25. The van der Waals surface area contributed by atoms with E-state index in [1.807, 2.05) is 29.2 Å². The van der Waals surface area contributed by atoms with Crippen molar-refractivity contribution in [3.8, 4) is 0 Å². The van der Waals surface area contributed by atoms with Crippen LogP contribution in [-0.4, -0.2) is 39.1 Å². The Balaban J connectivity index is 1.55. The minimum atomic E-state index is 0.194. The van der Waals surface area contributed by atoms with Gasteiger partial charge >= 0.3 is 0 Å². The maximum Gasteiger partial charge on any atom is 0.233 e. The average molecular weight is 355 g/mol. The van der Waals surface area contributed by atoms with E-state index in [4.69, 9.17) is 4.42 Å². The highest BCUT2D eigenvalue weighted by atomic mass is 32.2. The fourth-order valence-corrected chi connectivity index (χ4v) is 4.39. The zero-order valence-corrected chi connectivity index (χ0v) is 15.1. The Morgan fingerprint density at radius 3 is 3.08 bits per heavy atom. The summed E-state index contributed by atoms with van der Waals surface area (Å²) in [6.07, 6.45) is 6.02. The molecule has 6 heteroatoms. The Morgan fingerprint density at radius 1 is 1.32 bits per heavy atom. The third kappa shape index (κ3) is 3.11. The number of carbonyl (C=O) groups excluding carboxylic acids is 1. The molecule has 1 aromatic carbocycles. The van der Waals surface area contributed by atoms with Gasteiger partial charge in [-0.3, -0.25) is 4.79 Å². The number of benzene rings is 1. The van der Waals surface area contributed by atoms with E-state index in [9.17, 15) is 4.79 Å². The van der Waals surface area contributed by atoms with Gasteiger partial charge in [0.05, 0.1) is 5.75 Å². The third-order valence-corrected chi connectivity index (χ3v) is 5.83. The number of rotatable bonds is 4. The van der Waals surface area contributed by atoms with Gasteiger partial charge in [0.15, 0.2) is 5.58 Å². The Hall–Kier alpha value is -2.08. The van der Waals surface area contributed by atoms with Crippen LogP contribution < -0.4 is 0 Å². The molecular formula is C19H21N3O2S. The lowest BCUT2D eigenvalue weighted by atomic mass is 10.0. The Labute approximate surface area is 150 Å². The number of hydrogen-bond donors (Lipinski definition) is 0. The number of likely N-dealkylation sites (tertiary alicyclic amines) is 1. The van der Waals surface area contributed by atoms with Crippen LogP contribution in [0.25, 0.3) is 22.1 Å². The molecule has 3 heterocycles. The Kier molecular flexibility index (Phi) is 4.61. The van der Waals surface area contributed by atoms with Crippen molar-refractivity contribution in [2.24, 2.45) is 0 Å². The minimum Gasteiger partial charge on any atom is -0.451 e. The fraction of sp³-hybridized carbons (Fsp3) is 0.421. The summed E-state index contributed by atoms with van der Waals surface area (Å²) in [6.45, 7) is 3.04. The minimum absolute atomic E-state index is 0.194. The van der Waals surface area contributed by atoms with Crippen molar-refractivity contribution >= 4 is 39.7 Å². The number of para-hydroxylation sites is 1. The molecule has 0 N–H and O–H groups in total. The predicted molar refractivity (Wildman–Crippen MR) is 99.7 cm³/mol. The van der Waals surface area contributed by atoms with Crippen LogP contribution in [0.5, 0.6) is 0 Å². The summed E-state index contributed by atoms with van der Waals surface area (Å²) in [4.78, 5) is 23.4. The summed E-state index contributed by atoms with van der Waals surface area (Å²) in [5.74, 6) is 0.582. The van der Waals surface area contributed by atoms with Crippen LogP contribution in [0.2, 0.25) is 0 Å². The van der Waals surface area contributed by atoms with Crippen LogP contribution in [0.3, 0.4) is 0 Å². The van der Waals surface area contributed by atoms with Crippen molar-refractivity contribution in [3.05, 3.63) is 30.6 Å². The molecule has 0 aliphatic carbocycles. The van der Waals surface area contributed by atoms with Crippen LogP contribution in [0.1, 0.15) is 32.6 Å². The number of hydrogen-bond acceptors (Lipinski definition) is 5. The number of amides is 1. The van der Waals surface area contributed by atoms with E-state index in [0.717, 1.165) is 47.3 Å². The number of nitrogens with zero attached hydrogens (tertiary/aromatic N) is 3. The molecule has 130 valence electrons. The molecule has 25 heavy (non-hydrogen) atoms. The van der Waals surface area contributed by atoms with Crippen molar-refractivity contribution in [3.63, 3.8) is 0 Å². The van der Waals surface area contributed by atoms with Gasteiger partial charge in [0.25, 0.3) is 0 Å². The lowest BCUT2D eigenvalue weighted by Crippen LogP contribution is -2.44. The summed E-state index contributed by atoms with van der Waals surface area (Å²) in [7, 11) is 0. The number of thioether (sulfide) groups is 1. The van der Waals surface area contributed by atoms with Gasteiger partial charge in [-0.15, -0.1) is 0 Å². The monoisotopic (exact) mass is 355 g/mol. The molecule has 0 bridgehead atoms. The zero-order chi connectivity index (χ0) is 17.2. The van der Waals surface area contributed by atoms with Gasteiger partial charge in [0, 0.05) is 18.0 Å². The summed E-state index contributed by atoms with van der Waals surface area (Å²) < 4.78 is 5.93. The first kappa shape index (κ1) is 16.4. The second-order valence-electron chi connectivity index (χ2n) is 6.39. The number of aromatic nitrogens is 2. The largest absolute Gasteiger partial charge is 0.451 e. The molecule has 1 unspecified atom stereocenters. The normalized spacial score (nSPS) is 18.1. The lowest BCUT2D eigenvalue weighted by Gasteiger charge is -2.35. The number of piperidine rings is 1. The van der Waals surface area contributed by atoms with Crippen molar-refractivity contribution in [1.82, 2.24) is 14.9 Å². The molecular weight excluding hydrogens is 334 g/mol. The van der Waals surface area contributed by atoms with Gasteiger partial charge in [-0.1, -0.05) is 30.8 Å². The topological polar surface area (TPSA) is 59.2 Å². The molecule has 1 fully saturated rings. The van der Waals surface area contributed by atoms with E-state index < -0.39 is 0 Å².